The van der Waals surface area contributed by atoms with Gasteiger partial charge < -0.3 is 10.5 Å². The van der Waals surface area contributed by atoms with E-state index >= 15 is 0 Å². The standard InChI is InChI=1S/C12H18ClNO/c1-2-8-15-12-6-5-11(13)9-10(12)4-3-7-14/h5-6,9H,2-4,7-8,14H2,1H3. The van der Waals surface area contributed by atoms with Crippen molar-refractivity contribution >= 4 is 11.6 Å². The van der Waals surface area contributed by atoms with E-state index < -0.39 is 0 Å². The van der Waals surface area contributed by atoms with Crippen molar-refractivity contribution in [1.82, 2.24) is 0 Å². The van der Waals surface area contributed by atoms with E-state index in [9.17, 15) is 0 Å². The Morgan fingerprint density at radius 3 is 2.87 bits per heavy atom. The van der Waals surface area contributed by atoms with Crippen LogP contribution in [0.1, 0.15) is 25.3 Å². The first-order valence-corrected chi connectivity index (χ1v) is 5.77. The molecule has 3 heteroatoms. The van der Waals surface area contributed by atoms with Crippen molar-refractivity contribution < 1.29 is 4.74 Å². The van der Waals surface area contributed by atoms with Crippen LogP contribution >= 0.6 is 11.6 Å². The Kier molecular flexibility index (Phi) is 5.51. The van der Waals surface area contributed by atoms with Crippen molar-refractivity contribution in [2.45, 2.75) is 26.2 Å². The summed E-state index contributed by atoms with van der Waals surface area (Å²) in [6.45, 7) is 3.53. The second kappa shape index (κ2) is 6.70. The molecule has 0 amide bonds. The molecule has 84 valence electrons. The van der Waals surface area contributed by atoms with Crippen molar-refractivity contribution in [3.63, 3.8) is 0 Å². The molecule has 0 radical (unpaired) electrons. The highest BCUT2D eigenvalue weighted by atomic mass is 35.5. The fourth-order valence-corrected chi connectivity index (χ4v) is 1.58. The fraction of sp³-hybridized carbons (Fsp3) is 0.500. The maximum atomic E-state index is 5.94. The molecule has 0 aliphatic rings. The van der Waals surface area contributed by atoms with Crippen molar-refractivity contribution in [2.75, 3.05) is 13.2 Å². The third-order valence-electron chi connectivity index (χ3n) is 2.13. The Balaban J connectivity index is 2.73. The van der Waals surface area contributed by atoms with Crippen LogP contribution in [0.5, 0.6) is 5.75 Å². The Morgan fingerprint density at radius 2 is 2.20 bits per heavy atom. The number of aryl methyl sites for hydroxylation is 1. The Hall–Kier alpha value is -0.730. The van der Waals surface area contributed by atoms with Gasteiger partial charge in [-0.1, -0.05) is 18.5 Å². The molecule has 0 fully saturated rings. The van der Waals surface area contributed by atoms with Crippen LogP contribution in [0.2, 0.25) is 5.02 Å². The molecule has 0 unspecified atom stereocenters. The van der Waals surface area contributed by atoms with Crippen molar-refractivity contribution in [3.05, 3.63) is 28.8 Å². The lowest BCUT2D eigenvalue weighted by Gasteiger charge is -2.10. The van der Waals surface area contributed by atoms with Gasteiger partial charge in [-0.2, -0.15) is 0 Å². The molecule has 0 atom stereocenters. The molecule has 0 saturated heterocycles. The highest BCUT2D eigenvalue weighted by Crippen LogP contribution is 2.24. The summed E-state index contributed by atoms with van der Waals surface area (Å²) in [7, 11) is 0. The molecule has 0 aliphatic carbocycles. The van der Waals surface area contributed by atoms with Gasteiger partial charge in [0.2, 0.25) is 0 Å². The van der Waals surface area contributed by atoms with Crippen LogP contribution in [-0.4, -0.2) is 13.2 Å². The summed E-state index contributed by atoms with van der Waals surface area (Å²) < 4.78 is 5.64. The number of benzene rings is 1. The zero-order valence-corrected chi connectivity index (χ0v) is 9.89. The Bertz CT molecular complexity index is 302. The third-order valence-corrected chi connectivity index (χ3v) is 2.37. The number of rotatable bonds is 6. The van der Waals surface area contributed by atoms with Gasteiger partial charge in [0.05, 0.1) is 6.61 Å². The summed E-state index contributed by atoms with van der Waals surface area (Å²) >= 11 is 5.94. The molecule has 2 N–H and O–H groups in total. The summed E-state index contributed by atoms with van der Waals surface area (Å²) in [5.41, 5.74) is 6.64. The van der Waals surface area contributed by atoms with Crippen molar-refractivity contribution in [1.29, 1.82) is 0 Å². The van der Waals surface area contributed by atoms with Gasteiger partial charge in [-0.05, 0) is 49.6 Å². The van der Waals surface area contributed by atoms with Gasteiger partial charge in [0.15, 0.2) is 0 Å². The van der Waals surface area contributed by atoms with Crippen LogP contribution in [0.3, 0.4) is 0 Å². The minimum absolute atomic E-state index is 0.694. The van der Waals surface area contributed by atoms with Crippen LogP contribution in [0.4, 0.5) is 0 Å². The largest absolute Gasteiger partial charge is 0.493 e. The zero-order valence-electron chi connectivity index (χ0n) is 9.13. The van der Waals surface area contributed by atoms with E-state index in [1.165, 1.54) is 0 Å². The number of nitrogens with two attached hydrogens (primary N) is 1. The molecule has 0 aliphatic heterocycles. The lowest BCUT2D eigenvalue weighted by Crippen LogP contribution is -2.03. The monoisotopic (exact) mass is 227 g/mol. The topological polar surface area (TPSA) is 35.2 Å². The van der Waals surface area contributed by atoms with Crippen molar-refractivity contribution in [2.24, 2.45) is 5.73 Å². The number of hydrogen-bond acceptors (Lipinski definition) is 2. The van der Waals surface area contributed by atoms with Crippen molar-refractivity contribution in [3.8, 4) is 5.75 Å². The smallest absolute Gasteiger partial charge is 0.122 e. The molecule has 1 aromatic carbocycles. The first-order chi connectivity index (χ1) is 7.27. The predicted molar refractivity (Wildman–Crippen MR) is 64.6 cm³/mol. The number of halogens is 1. The fourth-order valence-electron chi connectivity index (χ4n) is 1.39. The Morgan fingerprint density at radius 1 is 1.40 bits per heavy atom. The normalized spacial score (nSPS) is 10.3. The summed E-state index contributed by atoms with van der Waals surface area (Å²) in [6.07, 6.45) is 2.90. The molecule has 1 aromatic rings. The van der Waals surface area contributed by atoms with Crippen LogP contribution in [-0.2, 0) is 6.42 Å². The lowest BCUT2D eigenvalue weighted by atomic mass is 10.1. The molecular weight excluding hydrogens is 210 g/mol. The third kappa shape index (κ3) is 4.10. The van der Waals surface area contributed by atoms with Gasteiger partial charge in [0, 0.05) is 5.02 Å². The average molecular weight is 228 g/mol. The van der Waals surface area contributed by atoms with Crippen LogP contribution in [0, 0.1) is 0 Å². The molecule has 0 bridgehead atoms. The molecule has 15 heavy (non-hydrogen) atoms. The number of hydrogen-bond donors (Lipinski definition) is 1. The second-order valence-corrected chi connectivity index (χ2v) is 3.93. The average Bonchev–Trinajstić information content (AvgIpc) is 2.25. The maximum absolute atomic E-state index is 5.94. The van der Waals surface area contributed by atoms with E-state index in [1.807, 2.05) is 18.2 Å². The first-order valence-electron chi connectivity index (χ1n) is 5.39. The quantitative estimate of drug-likeness (QED) is 0.811. The van der Waals surface area contributed by atoms with Gasteiger partial charge in [0.1, 0.15) is 5.75 Å². The van der Waals surface area contributed by atoms with E-state index in [4.69, 9.17) is 22.1 Å². The van der Waals surface area contributed by atoms with E-state index in [-0.39, 0.29) is 0 Å². The van der Waals surface area contributed by atoms with E-state index in [2.05, 4.69) is 6.92 Å². The van der Waals surface area contributed by atoms with E-state index in [0.29, 0.717) is 6.54 Å². The molecule has 2 nitrogen and oxygen atoms in total. The lowest BCUT2D eigenvalue weighted by molar-refractivity contribution is 0.314. The summed E-state index contributed by atoms with van der Waals surface area (Å²) in [5, 5.41) is 0.755. The Labute approximate surface area is 96.4 Å². The minimum atomic E-state index is 0.694. The molecule has 1 rings (SSSR count). The van der Waals surface area contributed by atoms with Crippen LogP contribution < -0.4 is 10.5 Å². The van der Waals surface area contributed by atoms with Crippen LogP contribution in [0.25, 0.3) is 0 Å². The summed E-state index contributed by atoms with van der Waals surface area (Å²) in [5.74, 6) is 0.940. The maximum Gasteiger partial charge on any atom is 0.122 e. The van der Waals surface area contributed by atoms with E-state index in [1.54, 1.807) is 0 Å². The highest BCUT2D eigenvalue weighted by Gasteiger charge is 2.04. The predicted octanol–water partition coefficient (Wildman–Crippen LogP) is 3.02. The first kappa shape index (κ1) is 12.3. The van der Waals surface area contributed by atoms with Crippen LogP contribution in [0.15, 0.2) is 18.2 Å². The minimum Gasteiger partial charge on any atom is -0.493 e. The van der Waals surface area contributed by atoms with Gasteiger partial charge in [-0.3, -0.25) is 0 Å². The van der Waals surface area contributed by atoms with Gasteiger partial charge in [-0.25, -0.2) is 0 Å². The summed E-state index contributed by atoms with van der Waals surface area (Å²) in [6, 6.07) is 5.75. The molecule has 0 heterocycles. The molecule has 0 spiro atoms. The molecular formula is C12H18ClNO. The van der Waals surface area contributed by atoms with E-state index in [0.717, 1.165) is 42.2 Å². The molecule has 0 aromatic heterocycles. The number of ether oxygens (including phenoxy) is 1. The highest BCUT2D eigenvalue weighted by molar-refractivity contribution is 6.30. The molecule has 0 saturated carbocycles. The SMILES string of the molecule is CCCOc1ccc(Cl)cc1CCCN. The van der Waals surface area contributed by atoms with Gasteiger partial charge >= 0.3 is 0 Å². The summed E-state index contributed by atoms with van der Waals surface area (Å²) in [4.78, 5) is 0. The zero-order chi connectivity index (χ0) is 11.1. The van der Waals surface area contributed by atoms with Gasteiger partial charge in [0.25, 0.3) is 0 Å². The van der Waals surface area contributed by atoms with Gasteiger partial charge in [-0.15, -0.1) is 0 Å². The second-order valence-electron chi connectivity index (χ2n) is 3.49.